The van der Waals surface area contributed by atoms with E-state index in [2.05, 4.69) is 20.7 Å². The van der Waals surface area contributed by atoms with Gasteiger partial charge in [-0.3, -0.25) is 0 Å². The lowest BCUT2D eigenvalue weighted by molar-refractivity contribution is 0.572. The normalized spacial score (nSPS) is 12.7. The number of nitrogens with one attached hydrogen (secondary N) is 1. The molecule has 3 aromatic carbocycles. The van der Waals surface area contributed by atoms with E-state index in [4.69, 9.17) is 0 Å². The third-order valence-corrected chi connectivity index (χ3v) is 6.11. The molecule has 0 aromatic heterocycles. The second kappa shape index (κ2) is 7.52. The number of hydrogen-bond acceptors (Lipinski definition) is 2. The quantitative estimate of drug-likeness (QED) is 0.648. The van der Waals surface area contributed by atoms with Crippen molar-refractivity contribution in [1.82, 2.24) is 4.72 Å². The van der Waals surface area contributed by atoms with Gasteiger partial charge in [0, 0.05) is 4.47 Å². The molecule has 3 aromatic rings. The summed E-state index contributed by atoms with van der Waals surface area (Å²) >= 11 is 3.53. The fourth-order valence-electron chi connectivity index (χ4n) is 2.61. The van der Waals surface area contributed by atoms with Crippen molar-refractivity contribution in [3.63, 3.8) is 0 Å². The number of aryl methyl sites for hydroxylation is 1. The van der Waals surface area contributed by atoms with Crippen LogP contribution in [0, 0.1) is 6.92 Å². The van der Waals surface area contributed by atoms with E-state index < -0.39 is 16.1 Å². The summed E-state index contributed by atoms with van der Waals surface area (Å²) in [6, 6.07) is 23.5. The molecule has 0 aliphatic rings. The molecule has 128 valence electrons. The molecule has 3 rings (SSSR count). The molecule has 0 radical (unpaired) electrons. The highest BCUT2D eigenvalue weighted by molar-refractivity contribution is 9.10. The standard InChI is InChI=1S/C20H18BrNO2S/c1-15-11-13-17(14-12-15)25(23,24)22-20(16-7-3-2-4-8-16)18-9-5-6-10-19(18)21/h2-14,20,22H,1H3. The van der Waals surface area contributed by atoms with E-state index >= 15 is 0 Å². The molecule has 1 N–H and O–H groups in total. The van der Waals surface area contributed by atoms with Crippen LogP contribution in [-0.2, 0) is 10.0 Å². The number of halogens is 1. The topological polar surface area (TPSA) is 46.2 Å². The van der Waals surface area contributed by atoms with Crippen LogP contribution in [-0.4, -0.2) is 8.42 Å². The Bertz CT molecular complexity index is 955. The van der Waals surface area contributed by atoms with Gasteiger partial charge in [0.2, 0.25) is 10.0 Å². The second-order valence-electron chi connectivity index (χ2n) is 5.80. The average Bonchev–Trinajstić information content (AvgIpc) is 2.61. The van der Waals surface area contributed by atoms with Crippen LogP contribution in [0.3, 0.4) is 0 Å². The Kier molecular flexibility index (Phi) is 5.37. The minimum atomic E-state index is -3.66. The zero-order valence-corrected chi connectivity index (χ0v) is 16.1. The van der Waals surface area contributed by atoms with Crippen molar-refractivity contribution in [2.75, 3.05) is 0 Å². The van der Waals surface area contributed by atoms with Crippen LogP contribution in [0.25, 0.3) is 0 Å². The van der Waals surface area contributed by atoms with Gasteiger partial charge in [-0.05, 0) is 36.2 Å². The van der Waals surface area contributed by atoms with Crippen LogP contribution in [0.4, 0.5) is 0 Å². The van der Waals surface area contributed by atoms with Crippen LogP contribution in [0.1, 0.15) is 22.7 Å². The van der Waals surface area contributed by atoms with E-state index in [-0.39, 0.29) is 4.90 Å². The first-order valence-electron chi connectivity index (χ1n) is 7.86. The number of benzene rings is 3. The molecule has 0 spiro atoms. The van der Waals surface area contributed by atoms with E-state index in [9.17, 15) is 8.42 Å². The molecule has 1 unspecified atom stereocenters. The average molecular weight is 416 g/mol. The maximum absolute atomic E-state index is 12.9. The fourth-order valence-corrected chi connectivity index (χ4v) is 4.32. The van der Waals surface area contributed by atoms with E-state index in [0.29, 0.717) is 0 Å². The van der Waals surface area contributed by atoms with Crippen molar-refractivity contribution < 1.29 is 8.42 Å². The van der Waals surface area contributed by atoms with Crippen molar-refractivity contribution in [3.05, 3.63) is 100 Å². The largest absolute Gasteiger partial charge is 0.241 e. The summed E-state index contributed by atoms with van der Waals surface area (Å²) in [7, 11) is -3.66. The SMILES string of the molecule is Cc1ccc(S(=O)(=O)NC(c2ccccc2)c2ccccc2Br)cc1. The van der Waals surface area contributed by atoms with Crippen molar-refractivity contribution >= 4 is 26.0 Å². The lowest BCUT2D eigenvalue weighted by atomic mass is 10.00. The summed E-state index contributed by atoms with van der Waals surface area (Å²) in [5.74, 6) is 0. The van der Waals surface area contributed by atoms with Gasteiger partial charge in [-0.25, -0.2) is 8.42 Å². The zero-order chi connectivity index (χ0) is 17.9. The minimum absolute atomic E-state index is 0.256. The molecule has 0 bridgehead atoms. The van der Waals surface area contributed by atoms with Crippen molar-refractivity contribution in [2.45, 2.75) is 17.9 Å². The molecule has 0 amide bonds. The highest BCUT2D eigenvalue weighted by Gasteiger charge is 2.24. The number of rotatable bonds is 5. The van der Waals surface area contributed by atoms with Crippen LogP contribution in [0.2, 0.25) is 0 Å². The smallest absolute Gasteiger partial charge is 0.207 e. The minimum Gasteiger partial charge on any atom is -0.207 e. The fraction of sp³-hybridized carbons (Fsp3) is 0.100. The molecule has 0 aliphatic carbocycles. The highest BCUT2D eigenvalue weighted by Crippen LogP contribution is 2.30. The Morgan fingerprint density at radius 1 is 0.840 bits per heavy atom. The molecular weight excluding hydrogens is 398 g/mol. The molecule has 5 heteroatoms. The van der Waals surface area contributed by atoms with Crippen molar-refractivity contribution in [2.24, 2.45) is 0 Å². The molecule has 1 atom stereocenters. The molecule has 3 nitrogen and oxygen atoms in total. The predicted octanol–water partition coefficient (Wildman–Crippen LogP) is 4.83. The predicted molar refractivity (Wildman–Crippen MR) is 104 cm³/mol. The summed E-state index contributed by atoms with van der Waals surface area (Å²) in [6.45, 7) is 1.93. The first kappa shape index (κ1) is 17.9. The maximum atomic E-state index is 12.9. The Morgan fingerprint density at radius 3 is 2.08 bits per heavy atom. The van der Waals surface area contributed by atoms with Gasteiger partial charge >= 0.3 is 0 Å². The summed E-state index contributed by atoms with van der Waals surface area (Å²) in [5, 5.41) is 0. The Labute approximate surface area is 156 Å². The lowest BCUT2D eigenvalue weighted by Crippen LogP contribution is -2.29. The molecule has 0 heterocycles. The van der Waals surface area contributed by atoms with Gasteiger partial charge in [0.1, 0.15) is 0 Å². The highest BCUT2D eigenvalue weighted by atomic mass is 79.9. The molecule has 0 saturated carbocycles. The summed E-state index contributed by atoms with van der Waals surface area (Å²) in [4.78, 5) is 0.256. The maximum Gasteiger partial charge on any atom is 0.241 e. The monoisotopic (exact) mass is 415 g/mol. The van der Waals surface area contributed by atoms with E-state index in [1.54, 1.807) is 24.3 Å². The number of hydrogen-bond donors (Lipinski definition) is 1. The Hall–Kier alpha value is -1.95. The van der Waals surface area contributed by atoms with Gasteiger partial charge in [0.25, 0.3) is 0 Å². The van der Waals surface area contributed by atoms with Crippen LogP contribution in [0.5, 0.6) is 0 Å². The van der Waals surface area contributed by atoms with Crippen LogP contribution in [0.15, 0.2) is 88.2 Å². The summed E-state index contributed by atoms with van der Waals surface area (Å²) in [5.41, 5.74) is 2.76. The van der Waals surface area contributed by atoms with Crippen molar-refractivity contribution in [3.8, 4) is 0 Å². The van der Waals surface area contributed by atoms with Gasteiger partial charge in [0.05, 0.1) is 10.9 Å². The van der Waals surface area contributed by atoms with Gasteiger partial charge in [-0.2, -0.15) is 4.72 Å². The van der Waals surface area contributed by atoms with Gasteiger partial charge in [0.15, 0.2) is 0 Å². The summed E-state index contributed by atoms with van der Waals surface area (Å²) < 4.78 is 29.5. The molecule has 0 fully saturated rings. The van der Waals surface area contributed by atoms with Gasteiger partial charge < -0.3 is 0 Å². The van der Waals surface area contributed by atoms with Crippen LogP contribution < -0.4 is 4.72 Å². The van der Waals surface area contributed by atoms with E-state index in [0.717, 1.165) is 21.2 Å². The van der Waals surface area contributed by atoms with Crippen LogP contribution >= 0.6 is 15.9 Å². The van der Waals surface area contributed by atoms with Gasteiger partial charge in [-0.15, -0.1) is 0 Å². The number of sulfonamides is 1. The first-order chi connectivity index (χ1) is 12.0. The zero-order valence-electron chi connectivity index (χ0n) is 13.7. The Balaban J connectivity index is 2.04. The molecule has 25 heavy (non-hydrogen) atoms. The van der Waals surface area contributed by atoms with E-state index in [1.165, 1.54) is 0 Å². The molecular formula is C20H18BrNO2S. The first-order valence-corrected chi connectivity index (χ1v) is 10.1. The Morgan fingerprint density at radius 2 is 1.44 bits per heavy atom. The summed E-state index contributed by atoms with van der Waals surface area (Å²) in [6.07, 6.45) is 0. The second-order valence-corrected chi connectivity index (χ2v) is 8.37. The van der Waals surface area contributed by atoms with Crippen molar-refractivity contribution in [1.29, 1.82) is 0 Å². The lowest BCUT2D eigenvalue weighted by Gasteiger charge is -2.21. The molecule has 0 aliphatic heterocycles. The molecule has 0 saturated heterocycles. The third kappa shape index (κ3) is 4.18. The third-order valence-electron chi connectivity index (χ3n) is 3.95. The van der Waals surface area contributed by atoms with E-state index in [1.807, 2.05) is 61.5 Å². The van der Waals surface area contributed by atoms with Gasteiger partial charge in [-0.1, -0.05) is 82.2 Å².